The molecule has 2 aromatic heterocycles. The average Bonchev–Trinajstić information content (AvgIpc) is 3.57. The highest BCUT2D eigenvalue weighted by Gasteiger charge is 2.49. The van der Waals surface area contributed by atoms with Crippen molar-refractivity contribution < 1.29 is 18.3 Å². The first-order chi connectivity index (χ1) is 15.0. The van der Waals surface area contributed by atoms with Crippen LogP contribution in [0.5, 0.6) is 5.75 Å². The van der Waals surface area contributed by atoms with Crippen molar-refractivity contribution in [2.75, 3.05) is 36.9 Å². The summed E-state index contributed by atoms with van der Waals surface area (Å²) in [6.07, 6.45) is 4.91. The Morgan fingerprint density at radius 2 is 1.87 bits per heavy atom. The van der Waals surface area contributed by atoms with Crippen LogP contribution in [0.2, 0.25) is 0 Å². The molecule has 2 N–H and O–H groups in total. The summed E-state index contributed by atoms with van der Waals surface area (Å²) in [6, 6.07) is 5.01. The minimum absolute atomic E-state index is 0.0723. The third-order valence-electron chi connectivity index (χ3n) is 6.68. The van der Waals surface area contributed by atoms with Crippen LogP contribution in [0.3, 0.4) is 0 Å². The number of ether oxygens (including phenoxy) is 2. The molecule has 5 fully saturated rings. The van der Waals surface area contributed by atoms with E-state index in [9.17, 15) is 8.78 Å². The fraction of sp³-hybridized carbons (Fsp3) is 0.571. The molecular formula is C21H24F2N6O2. The first-order valence-corrected chi connectivity index (χ1v) is 10.7. The zero-order valence-corrected chi connectivity index (χ0v) is 17.0. The average molecular weight is 430 g/mol. The molecule has 2 atom stereocenters. The van der Waals surface area contributed by atoms with Gasteiger partial charge in [0.1, 0.15) is 11.6 Å². The van der Waals surface area contributed by atoms with Crippen molar-refractivity contribution in [3.63, 3.8) is 0 Å². The molecule has 1 saturated carbocycles. The minimum Gasteiger partial charge on any atom is -0.431 e. The number of hydrogen-bond acceptors (Lipinski definition) is 8. The molecule has 2 bridgehead atoms. The van der Waals surface area contributed by atoms with E-state index in [2.05, 4.69) is 19.5 Å². The Morgan fingerprint density at radius 3 is 2.52 bits per heavy atom. The van der Waals surface area contributed by atoms with Gasteiger partial charge >= 0.3 is 6.61 Å². The molecule has 1 aliphatic carbocycles. The predicted octanol–water partition coefficient (Wildman–Crippen LogP) is 2.26. The van der Waals surface area contributed by atoms with Crippen LogP contribution >= 0.6 is 0 Å². The van der Waals surface area contributed by atoms with E-state index in [1.807, 2.05) is 6.07 Å². The molecule has 2 aromatic rings. The van der Waals surface area contributed by atoms with Gasteiger partial charge in [0.2, 0.25) is 0 Å². The largest absolute Gasteiger partial charge is 0.431 e. The Morgan fingerprint density at radius 1 is 1.10 bits per heavy atom. The van der Waals surface area contributed by atoms with Gasteiger partial charge in [-0.2, -0.15) is 8.78 Å². The Labute approximate surface area is 178 Å². The minimum atomic E-state index is -2.97. The standard InChI is InChI=1S/C21H24F2N6O2/c22-21(23)31-17-3-12(6-25-19(17)24)16-5-18(27-20(26-16)11-1-2-11)28-7-13-4-14(8-28)29(13)15-9-30-10-15/h3,5-6,11,13-15,21H,1-2,4,7-10H2,(H2,24,25). The van der Waals surface area contributed by atoms with E-state index >= 15 is 0 Å². The molecule has 5 aliphatic rings. The summed E-state index contributed by atoms with van der Waals surface area (Å²) in [4.78, 5) is 18.5. The molecular weight excluding hydrogens is 406 g/mol. The van der Waals surface area contributed by atoms with Gasteiger partial charge in [-0.1, -0.05) is 0 Å². The summed E-state index contributed by atoms with van der Waals surface area (Å²) < 4.78 is 35.4. The summed E-state index contributed by atoms with van der Waals surface area (Å²) in [7, 11) is 0. The molecule has 4 saturated heterocycles. The lowest BCUT2D eigenvalue weighted by atomic mass is 9.85. The maximum Gasteiger partial charge on any atom is 0.387 e. The SMILES string of the molecule is Nc1ncc(-c2cc(N3CC4CC(C3)N4C3COC3)nc(C3CC3)n2)cc1OC(F)F. The van der Waals surface area contributed by atoms with Crippen LogP contribution in [-0.4, -0.2) is 70.9 Å². The van der Waals surface area contributed by atoms with Crippen molar-refractivity contribution in [2.45, 2.75) is 49.9 Å². The molecule has 0 amide bonds. The van der Waals surface area contributed by atoms with Gasteiger partial charge in [0.15, 0.2) is 11.6 Å². The zero-order valence-electron chi connectivity index (χ0n) is 17.0. The highest BCUT2D eigenvalue weighted by atomic mass is 19.3. The molecule has 0 spiro atoms. The van der Waals surface area contributed by atoms with Gasteiger partial charge in [0.05, 0.1) is 24.9 Å². The van der Waals surface area contributed by atoms with E-state index in [-0.39, 0.29) is 11.6 Å². The molecule has 2 unspecified atom stereocenters. The number of aromatic nitrogens is 3. The third kappa shape index (κ3) is 3.47. The van der Waals surface area contributed by atoms with E-state index in [1.54, 1.807) is 6.20 Å². The molecule has 31 heavy (non-hydrogen) atoms. The van der Waals surface area contributed by atoms with Crippen LogP contribution in [-0.2, 0) is 4.74 Å². The lowest BCUT2D eigenvalue weighted by Gasteiger charge is -2.60. The molecule has 4 aliphatic heterocycles. The molecule has 0 radical (unpaired) electrons. The summed E-state index contributed by atoms with van der Waals surface area (Å²) in [5, 5.41) is 0. The van der Waals surface area contributed by atoms with E-state index in [1.165, 1.54) is 12.5 Å². The smallest absolute Gasteiger partial charge is 0.387 e. The number of hydrogen-bond donors (Lipinski definition) is 1. The van der Waals surface area contributed by atoms with Crippen LogP contribution in [0, 0.1) is 0 Å². The molecule has 6 heterocycles. The second-order valence-electron chi connectivity index (χ2n) is 8.82. The van der Waals surface area contributed by atoms with Gasteiger partial charge < -0.3 is 20.1 Å². The first-order valence-electron chi connectivity index (χ1n) is 10.7. The number of anilines is 2. The van der Waals surface area contributed by atoms with E-state index in [4.69, 9.17) is 20.4 Å². The molecule has 10 heteroatoms. The van der Waals surface area contributed by atoms with Crippen LogP contribution < -0.4 is 15.4 Å². The van der Waals surface area contributed by atoms with Crippen molar-refractivity contribution in [3.05, 3.63) is 24.2 Å². The van der Waals surface area contributed by atoms with Crippen molar-refractivity contribution in [1.82, 2.24) is 19.9 Å². The number of nitrogen functional groups attached to an aromatic ring is 1. The number of piperidine rings is 1. The fourth-order valence-electron chi connectivity index (χ4n) is 4.89. The van der Waals surface area contributed by atoms with Gasteiger partial charge in [0, 0.05) is 48.9 Å². The second kappa shape index (κ2) is 7.23. The Bertz CT molecular complexity index is 988. The number of rotatable bonds is 6. The predicted molar refractivity (Wildman–Crippen MR) is 109 cm³/mol. The topological polar surface area (TPSA) is 89.6 Å². The number of nitrogens with zero attached hydrogens (tertiary/aromatic N) is 5. The highest BCUT2D eigenvalue weighted by molar-refractivity contribution is 5.67. The maximum atomic E-state index is 12.7. The van der Waals surface area contributed by atoms with Crippen LogP contribution in [0.25, 0.3) is 11.3 Å². The molecule has 0 aromatic carbocycles. The Balaban J connectivity index is 1.30. The van der Waals surface area contributed by atoms with E-state index in [0.29, 0.717) is 35.3 Å². The van der Waals surface area contributed by atoms with Crippen molar-refractivity contribution in [2.24, 2.45) is 0 Å². The molecule has 8 nitrogen and oxygen atoms in total. The van der Waals surface area contributed by atoms with Gasteiger partial charge in [-0.15, -0.1) is 0 Å². The zero-order chi connectivity index (χ0) is 21.1. The normalized spacial score (nSPS) is 26.0. The molecule has 7 rings (SSSR count). The second-order valence-corrected chi connectivity index (χ2v) is 8.82. The fourth-order valence-corrected chi connectivity index (χ4v) is 4.89. The molecule has 164 valence electrons. The third-order valence-corrected chi connectivity index (χ3v) is 6.68. The summed E-state index contributed by atoms with van der Waals surface area (Å²) in [6.45, 7) is 0.555. The number of nitrogens with two attached hydrogens (primary N) is 1. The van der Waals surface area contributed by atoms with Crippen molar-refractivity contribution >= 4 is 11.6 Å². The van der Waals surface area contributed by atoms with Crippen molar-refractivity contribution in [1.29, 1.82) is 0 Å². The highest BCUT2D eigenvalue weighted by Crippen LogP contribution is 2.42. The lowest BCUT2D eigenvalue weighted by Crippen LogP contribution is -2.74. The van der Waals surface area contributed by atoms with Gasteiger partial charge in [-0.05, 0) is 25.3 Å². The number of piperazine rings is 1. The monoisotopic (exact) mass is 430 g/mol. The summed E-state index contributed by atoms with van der Waals surface area (Å²) >= 11 is 0. The number of pyridine rings is 1. The van der Waals surface area contributed by atoms with Gasteiger partial charge in [0.25, 0.3) is 0 Å². The van der Waals surface area contributed by atoms with Gasteiger partial charge in [-0.3, -0.25) is 4.90 Å². The van der Waals surface area contributed by atoms with E-state index < -0.39 is 6.61 Å². The van der Waals surface area contributed by atoms with Crippen LogP contribution in [0.1, 0.15) is 31.0 Å². The first kappa shape index (κ1) is 19.1. The number of halogens is 2. The van der Waals surface area contributed by atoms with Crippen molar-refractivity contribution in [3.8, 4) is 17.0 Å². The van der Waals surface area contributed by atoms with Crippen LogP contribution in [0.4, 0.5) is 20.4 Å². The quantitative estimate of drug-likeness (QED) is 0.747. The summed E-state index contributed by atoms with van der Waals surface area (Å²) in [5.74, 6) is 1.85. The number of fused-ring (bicyclic) bond motifs is 2. The number of alkyl halides is 2. The lowest BCUT2D eigenvalue weighted by molar-refractivity contribution is -0.141. The van der Waals surface area contributed by atoms with E-state index in [0.717, 1.165) is 50.8 Å². The summed E-state index contributed by atoms with van der Waals surface area (Å²) in [5.41, 5.74) is 6.94. The maximum absolute atomic E-state index is 12.7. The van der Waals surface area contributed by atoms with Crippen LogP contribution in [0.15, 0.2) is 18.3 Å². The van der Waals surface area contributed by atoms with Gasteiger partial charge in [-0.25, -0.2) is 15.0 Å². The Kier molecular flexibility index (Phi) is 4.46. The Hall–Kier alpha value is -2.59.